The van der Waals surface area contributed by atoms with Crippen LogP contribution in [0, 0.1) is 5.92 Å². The van der Waals surface area contributed by atoms with Gasteiger partial charge in [0.25, 0.3) is 0 Å². The normalized spacial score (nSPS) is 18.5. The Morgan fingerprint density at radius 1 is 1.38 bits per heavy atom. The monoisotopic (exact) mass is 289 g/mol. The summed E-state index contributed by atoms with van der Waals surface area (Å²) in [4.78, 5) is 14.6. The van der Waals surface area contributed by atoms with Gasteiger partial charge in [-0.25, -0.2) is 0 Å². The summed E-state index contributed by atoms with van der Waals surface area (Å²) in [5, 5.41) is 11.8. The predicted molar refractivity (Wildman–Crippen MR) is 82.2 cm³/mol. The highest BCUT2D eigenvalue weighted by Gasteiger charge is 2.29. The summed E-state index contributed by atoms with van der Waals surface area (Å²) >= 11 is 0. The Morgan fingerprint density at radius 2 is 2.00 bits per heavy atom. The van der Waals surface area contributed by atoms with E-state index in [0.717, 1.165) is 24.8 Å². The molecule has 114 valence electrons. The topological polar surface area (TPSA) is 78.9 Å². The first-order valence-corrected chi connectivity index (χ1v) is 7.48. The lowest BCUT2D eigenvalue weighted by Crippen LogP contribution is -2.43. The highest BCUT2D eigenvalue weighted by molar-refractivity contribution is 5.85. The first kappa shape index (κ1) is 15.4. The van der Waals surface area contributed by atoms with Gasteiger partial charge in [0, 0.05) is 19.0 Å². The lowest BCUT2D eigenvalue weighted by Gasteiger charge is -2.33. The Morgan fingerprint density at radius 3 is 2.52 bits per heavy atom. The molecule has 5 heteroatoms. The molecule has 2 rings (SSSR count). The minimum Gasteiger partial charge on any atom is -0.409 e. The average Bonchev–Trinajstić information content (AvgIpc) is 2.56. The Hall–Kier alpha value is -2.04. The number of rotatable bonds is 4. The van der Waals surface area contributed by atoms with Crippen molar-refractivity contribution in [3.8, 4) is 0 Å². The van der Waals surface area contributed by atoms with Crippen LogP contribution in [0.15, 0.2) is 35.5 Å². The first-order chi connectivity index (χ1) is 10.2. The van der Waals surface area contributed by atoms with E-state index in [0.29, 0.717) is 13.1 Å². The predicted octanol–water partition coefficient (Wildman–Crippen LogP) is 2.17. The molecule has 5 nitrogen and oxygen atoms in total. The molecule has 1 atom stereocenters. The molecule has 0 aliphatic carbocycles. The van der Waals surface area contributed by atoms with Crippen molar-refractivity contribution in [2.75, 3.05) is 13.1 Å². The number of nitrogens with two attached hydrogens (primary N) is 1. The van der Waals surface area contributed by atoms with Crippen LogP contribution in [-0.4, -0.2) is 34.9 Å². The molecule has 0 radical (unpaired) electrons. The van der Waals surface area contributed by atoms with E-state index in [9.17, 15) is 4.79 Å². The maximum absolute atomic E-state index is 12.7. The third kappa shape index (κ3) is 3.54. The molecule has 0 bridgehead atoms. The molecular formula is C16H23N3O2. The van der Waals surface area contributed by atoms with Gasteiger partial charge in [-0.1, -0.05) is 42.4 Å². The Labute approximate surface area is 125 Å². The zero-order chi connectivity index (χ0) is 15.2. The Bertz CT molecular complexity index is 494. The number of hydrogen-bond acceptors (Lipinski definition) is 3. The Balaban J connectivity index is 2.01. The Kier molecular flexibility index (Phi) is 5.20. The molecule has 1 aliphatic rings. The highest BCUT2D eigenvalue weighted by atomic mass is 16.4. The van der Waals surface area contributed by atoms with Gasteiger partial charge in [-0.05, 0) is 24.8 Å². The van der Waals surface area contributed by atoms with Gasteiger partial charge in [0.1, 0.15) is 5.84 Å². The van der Waals surface area contributed by atoms with Gasteiger partial charge in [-0.15, -0.1) is 0 Å². The number of carbonyl (C=O) groups is 1. The van der Waals surface area contributed by atoms with E-state index in [2.05, 4.69) is 5.16 Å². The number of nitrogens with zero attached hydrogens (tertiary/aromatic N) is 2. The van der Waals surface area contributed by atoms with E-state index in [1.165, 1.54) is 0 Å². The number of amides is 1. The van der Waals surface area contributed by atoms with Crippen LogP contribution in [0.5, 0.6) is 0 Å². The summed E-state index contributed by atoms with van der Waals surface area (Å²) in [7, 11) is 0. The smallest absolute Gasteiger partial charge is 0.230 e. The maximum atomic E-state index is 12.7. The number of benzene rings is 1. The van der Waals surface area contributed by atoms with Crippen LogP contribution in [0.25, 0.3) is 0 Å². The van der Waals surface area contributed by atoms with Gasteiger partial charge in [-0.2, -0.15) is 0 Å². The summed E-state index contributed by atoms with van der Waals surface area (Å²) in [6, 6.07) is 9.92. The first-order valence-electron chi connectivity index (χ1n) is 7.48. The van der Waals surface area contributed by atoms with E-state index in [1.54, 1.807) is 0 Å². The fourth-order valence-corrected chi connectivity index (χ4v) is 2.94. The summed E-state index contributed by atoms with van der Waals surface area (Å²) in [6.07, 6.45) is 2.31. The minimum atomic E-state index is -0.0772. The van der Waals surface area contributed by atoms with Crippen molar-refractivity contribution in [1.82, 2.24) is 4.90 Å². The molecule has 3 N–H and O–H groups in total. The summed E-state index contributed by atoms with van der Waals surface area (Å²) < 4.78 is 0. The SMILES string of the molecule is CCC(C(=O)N1CCC(C(N)=NO)CC1)c1ccccc1. The summed E-state index contributed by atoms with van der Waals surface area (Å²) in [5.74, 6) is 0.460. The number of oxime groups is 1. The van der Waals surface area contributed by atoms with Gasteiger partial charge in [0.2, 0.25) is 5.91 Å². The summed E-state index contributed by atoms with van der Waals surface area (Å²) in [6.45, 7) is 3.38. The fourth-order valence-electron chi connectivity index (χ4n) is 2.94. The molecule has 1 aromatic rings. The molecule has 1 aliphatic heterocycles. The van der Waals surface area contributed by atoms with Gasteiger partial charge < -0.3 is 15.8 Å². The third-order valence-electron chi connectivity index (χ3n) is 4.25. The number of carbonyl (C=O) groups excluding carboxylic acids is 1. The van der Waals surface area contributed by atoms with Crippen LogP contribution in [0.4, 0.5) is 0 Å². The van der Waals surface area contributed by atoms with Crippen molar-refractivity contribution in [3.63, 3.8) is 0 Å². The quantitative estimate of drug-likeness (QED) is 0.386. The van der Waals surface area contributed by atoms with E-state index < -0.39 is 0 Å². The fraction of sp³-hybridized carbons (Fsp3) is 0.500. The van der Waals surface area contributed by atoms with Gasteiger partial charge in [-0.3, -0.25) is 4.79 Å². The number of likely N-dealkylation sites (tertiary alicyclic amines) is 1. The van der Waals surface area contributed by atoms with Gasteiger partial charge in [0.05, 0.1) is 5.92 Å². The molecule has 1 saturated heterocycles. The third-order valence-corrected chi connectivity index (χ3v) is 4.25. The largest absolute Gasteiger partial charge is 0.409 e. The van der Waals surface area contributed by atoms with E-state index in [1.807, 2.05) is 42.2 Å². The van der Waals surface area contributed by atoms with Crippen LogP contribution in [0.1, 0.15) is 37.7 Å². The van der Waals surface area contributed by atoms with Crippen LogP contribution in [0.2, 0.25) is 0 Å². The molecule has 1 unspecified atom stereocenters. The van der Waals surface area contributed by atoms with Crippen molar-refractivity contribution in [2.45, 2.75) is 32.1 Å². The van der Waals surface area contributed by atoms with Crippen molar-refractivity contribution < 1.29 is 10.0 Å². The lowest BCUT2D eigenvalue weighted by molar-refractivity contribution is -0.134. The zero-order valence-corrected chi connectivity index (χ0v) is 12.4. The van der Waals surface area contributed by atoms with Crippen molar-refractivity contribution in [3.05, 3.63) is 35.9 Å². The molecule has 1 amide bonds. The molecule has 1 fully saturated rings. The number of piperidine rings is 1. The standard InChI is InChI=1S/C16H23N3O2/c1-2-14(12-6-4-3-5-7-12)16(20)19-10-8-13(9-11-19)15(17)18-21/h3-7,13-14,21H,2,8-11H2,1H3,(H2,17,18). The van der Waals surface area contributed by atoms with Gasteiger partial charge in [0.15, 0.2) is 0 Å². The highest BCUT2D eigenvalue weighted by Crippen LogP contribution is 2.25. The van der Waals surface area contributed by atoms with E-state index >= 15 is 0 Å². The van der Waals surface area contributed by atoms with Crippen LogP contribution >= 0.6 is 0 Å². The second-order valence-electron chi connectivity index (χ2n) is 5.50. The molecule has 0 saturated carbocycles. The zero-order valence-electron chi connectivity index (χ0n) is 12.4. The van der Waals surface area contributed by atoms with E-state index in [-0.39, 0.29) is 23.6 Å². The van der Waals surface area contributed by atoms with Crippen LogP contribution in [-0.2, 0) is 4.79 Å². The maximum Gasteiger partial charge on any atom is 0.230 e. The molecule has 1 heterocycles. The van der Waals surface area contributed by atoms with Crippen LogP contribution in [0.3, 0.4) is 0 Å². The molecular weight excluding hydrogens is 266 g/mol. The van der Waals surface area contributed by atoms with Crippen molar-refractivity contribution >= 4 is 11.7 Å². The lowest BCUT2D eigenvalue weighted by atomic mass is 9.91. The van der Waals surface area contributed by atoms with Gasteiger partial charge >= 0.3 is 0 Å². The average molecular weight is 289 g/mol. The number of amidine groups is 1. The second-order valence-corrected chi connectivity index (χ2v) is 5.50. The molecule has 1 aromatic carbocycles. The molecule has 0 aromatic heterocycles. The molecule has 0 spiro atoms. The van der Waals surface area contributed by atoms with Crippen molar-refractivity contribution in [2.24, 2.45) is 16.8 Å². The minimum absolute atomic E-state index is 0.0772. The van der Waals surface area contributed by atoms with E-state index in [4.69, 9.17) is 10.9 Å². The number of hydrogen-bond donors (Lipinski definition) is 2. The summed E-state index contributed by atoms with van der Waals surface area (Å²) in [5.41, 5.74) is 6.72. The van der Waals surface area contributed by atoms with Crippen LogP contribution < -0.4 is 5.73 Å². The van der Waals surface area contributed by atoms with Crippen molar-refractivity contribution in [1.29, 1.82) is 0 Å². The second kappa shape index (κ2) is 7.11. The molecule has 21 heavy (non-hydrogen) atoms.